The first-order chi connectivity index (χ1) is 13.1. The maximum Gasteiger partial charge on any atom is 0.279 e. The third-order valence-electron chi connectivity index (χ3n) is 4.99. The molecule has 0 spiro atoms. The average molecular weight is 388 g/mol. The zero-order chi connectivity index (χ0) is 18.8. The van der Waals surface area contributed by atoms with Crippen molar-refractivity contribution in [2.24, 2.45) is 0 Å². The van der Waals surface area contributed by atoms with Gasteiger partial charge in [-0.3, -0.25) is 4.79 Å². The van der Waals surface area contributed by atoms with Crippen molar-refractivity contribution in [1.82, 2.24) is 4.98 Å². The fraction of sp³-hybridized carbons (Fsp3) is 0.300. The van der Waals surface area contributed by atoms with Crippen molar-refractivity contribution in [3.63, 3.8) is 0 Å². The molecule has 0 radical (unpaired) electrons. The Kier molecular flexibility index (Phi) is 5.13. The van der Waals surface area contributed by atoms with Crippen molar-refractivity contribution in [2.75, 3.05) is 25.0 Å². The zero-order valence-electron chi connectivity index (χ0n) is 14.7. The van der Waals surface area contributed by atoms with E-state index in [1.807, 2.05) is 18.2 Å². The summed E-state index contributed by atoms with van der Waals surface area (Å²) in [5.41, 5.74) is 0.671. The highest BCUT2D eigenvalue weighted by molar-refractivity contribution is 7.18. The number of nitrogens with zero attached hydrogens (tertiary/aromatic N) is 1. The van der Waals surface area contributed by atoms with E-state index in [0.29, 0.717) is 5.92 Å². The highest BCUT2D eigenvalue weighted by atomic mass is 32.1. The number of amides is 1. The van der Waals surface area contributed by atoms with Crippen LogP contribution in [0.25, 0.3) is 10.2 Å². The summed E-state index contributed by atoms with van der Waals surface area (Å²) in [5, 5.41) is 3.53. The number of rotatable bonds is 4. The van der Waals surface area contributed by atoms with Crippen LogP contribution >= 0.6 is 11.3 Å². The minimum Gasteiger partial charge on any atom is -0.327 e. The highest BCUT2D eigenvalue weighted by Crippen LogP contribution is 2.31. The number of halogens is 2. The van der Waals surface area contributed by atoms with Crippen LogP contribution in [0.3, 0.4) is 0 Å². The Morgan fingerprint density at radius 1 is 1.11 bits per heavy atom. The second kappa shape index (κ2) is 7.70. The summed E-state index contributed by atoms with van der Waals surface area (Å²) in [6, 6.07) is 11.7. The number of para-hydroxylation sites is 2. The number of anilines is 1. The monoisotopic (exact) mass is 388 g/mol. The fourth-order valence-electron chi connectivity index (χ4n) is 3.54. The molecule has 4 rings (SSSR count). The Morgan fingerprint density at radius 3 is 2.52 bits per heavy atom. The van der Waals surface area contributed by atoms with Gasteiger partial charge < -0.3 is 10.2 Å². The van der Waals surface area contributed by atoms with Gasteiger partial charge >= 0.3 is 0 Å². The third kappa shape index (κ3) is 3.99. The maximum atomic E-state index is 13.6. The van der Waals surface area contributed by atoms with Gasteiger partial charge in [0.2, 0.25) is 0 Å². The van der Waals surface area contributed by atoms with Crippen LogP contribution in [0.2, 0.25) is 0 Å². The van der Waals surface area contributed by atoms with Crippen LogP contribution < -0.4 is 10.2 Å². The van der Waals surface area contributed by atoms with Crippen LogP contribution in [0.4, 0.5) is 14.5 Å². The lowest BCUT2D eigenvalue weighted by Crippen LogP contribution is -3.14. The predicted molar refractivity (Wildman–Crippen MR) is 102 cm³/mol. The van der Waals surface area contributed by atoms with E-state index in [1.54, 1.807) is 11.3 Å². The summed E-state index contributed by atoms with van der Waals surface area (Å²) >= 11 is 1.74. The van der Waals surface area contributed by atoms with Crippen LogP contribution in [-0.4, -0.2) is 30.5 Å². The average Bonchev–Trinajstić information content (AvgIpc) is 3.10. The number of hydrogen-bond acceptors (Lipinski definition) is 3. The number of piperidine rings is 1. The van der Waals surface area contributed by atoms with Crippen molar-refractivity contribution in [2.45, 2.75) is 18.8 Å². The summed E-state index contributed by atoms with van der Waals surface area (Å²) in [6.07, 6.45) is 1.91. The standard InChI is InChI=1S/C20H19F2N3OS/c21-14-4-3-5-15(22)19(14)24-18(26)12-25-10-8-13(9-11-25)20-23-16-6-1-2-7-17(16)27-20/h1-7,13H,8-12H2,(H,24,26)/p+1. The van der Waals surface area contributed by atoms with Crippen molar-refractivity contribution < 1.29 is 18.5 Å². The van der Waals surface area contributed by atoms with Crippen LogP contribution in [-0.2, 0) is 4.79 Å². The Labute approximate surface area is 159 Å². The molecular formula is C20H20F2N3OS+. The number of quaternary nitrogens is 1. The molecule has 1 amide bonds. The fourth-order valence-corrected chi connectivity index (χ4v) is 4.68. The van der Waals surface area contributed by atoms with Crippen molar-refractivity contribution in [3.8, 4) is 0 Å². The molecule has 1 aromatic heterocycles. The van der Waals surface area contributed by atoms with Crippen LogP contribution in [0.5, 0.6) is 0 Å². The van der Waals surface area contributed by atoms with E-state index < -0.39 is 11.6 Å². The molecule has 2 aromatic carbocycles. The summed E-state index contributed by atoms with van der Waals surface area (Å²) in [6.45, 7) is 1.89. The minimum atomic E-state index is -0.757. The van der Waals surface area contributed by atoms with E-state index in [9.17, 15) is 13.6 Å². The van der Waals surface area contributed by atoms with E-state index in [2.05, 4.69) is 11.4 Å². The van der Waals surface area contributed by atoms with E-state index in [4.69, 9.17) is 4.98 Å². The van der Waals surface area contributed by atoms with E-state index in [1.165, 1.54) is 10.8 Å². The second-order valence-electron chi connectivity index (χ2n) is 6.87. The van der Waals surface area contributed by atoms with Gasteiger partial charge in [0.15, 0.2) is 6.54 Å². The second-order valence-corrected chi connectivity index (χ2v) is 7.93. The summed E-state index contributed by atoms with van der Waals surface area (Å²) in [5.74, 6) is -1.47. The SMILES string of the molecule is O=C(C[NH+]1CCC(c2nc3ccccc3s2)CC1)Nc1c(F)cccc1F. The molecule has 1 saturated heterocycles. The topological polar surface area (TPSA) is 46.4 Å². The van der Waals surface area contributed by atoms with Gasteiger partial charge in [-0.1, -0.05) is 18.2 Å². The number of carbonyl (C=O) groups is 1. The number of aromatic nitrogens is 1. The minimum absolute atomic E-state index is 0.209. The molecule has 0 atom stereocenters. The lowest BCUT2D eigenvalue weighted by atomic mass is 9.97. The van der Waals surface area contributed by atoms with E-state index in [-0.39, 0.29) is 18.1 Å². The highest BCUT2D eigenvalue weighted by Gasteiger charge is 2.27. The molecule has 3 aromatic rings. The van der Waals surface area contributed by atoms with Crippen LogP contribution in [0, 0.1) is 11.6 Å². The predicted octanol–water partition coefficient (Wildman–Crippen LogP) is 2.98. The van der Waals surface area contributed by atoms with Crippen LogP contribution in [0.1, 0.15) is 23.8 Å². The maximum absolute atomic E-state index is 13.6. The van der Waals surface area contributed by atoms with Gasteiger partial charge in [0, 0.05) is 18.8 Å². The number of benzene rings is 2. The first-order valence-electron chi connectivity index (χ1n) is 9.03. The Morgan fingerprint density at radius 2 is 1.81 bits per heavy atom. The molecule has 7 heteroatoms. The molecule has 4 nitrogen and oxygen atoms in total. The summed E-state index contributed by atoms with van der Waals surface area (Å²) in [4.78, 5) is 18.0. The number of carbonyl (C=O) groups excluding carboxylic acids is 1. The molecule has 2 N–H and O–H groups in total. The molecule has 0 aliphatic carbocycles. The normalized spacial score (nSPS) is 19.9. The molecule has 27 heavy (non-hydrogen) atoms. The lowest BCUT2D eigenvalue weighted by Gasteiger charge is -2.27. The van der Waals surface area contributed by atoms with Gasteiger partial charge in [0.25, 0.3) is 5.91 Å². The van der Waals surface area contributed by atoms with Crippen molar-refractivity contribution >= 4 is 33.1 Å². The molecule has 140 valence electrons. The van der Waals surface area contributed by atoms with Crippen molar-refractivity contribution in [1.29, 1.82) is 0 Å². The summed E-state index contributed by atoms with van der Waals surface area (Å²) in [7, 11) is 0. The zero-order valence-corrected chi connectivity index (χ0v) is 15.5. The molecular weight excluding hydrogens is 368 g/mol. The summed E-state index contributed by atoms with van der Waals surface area (Å²) < 4.78 is 28.5. The van der Waals surface area contributed by atoms with Crippen LogP contribution in [0.15, 0.2) is 42.5 Å². The smallest absolute Gasteiger partial charge is 0.279 e. The van der Waals surface area contributed by atoms with Gasteiger partial charge in [-0.05, 0) is 24.3 Å². The molecule has 1 aliphatic rings. The number of thiazole rings is 1. The first kappa shape index (κ1) is 18.0. The number of hydrogen-bond donors (Lipinski definition) is 2. The van der Waals surface area contributed by atoms with Gasteiger partial charge in [-0.2, -0.15) is 0 Å². The number of likely N-dealkylation sites (tertiary alicyclic amines) is 1. The van der Waals surface area contributed by atoms with Gasteiger partial charge in [-0.25, -0.2) is 13.8 Å². The van der Waals surface area contributed by atoms with Gasteiger partial charge in [0.1, 0.15) is 17.3 Å². The first-order valence-corrected chi connectivity index (χ1v) is 9.84. The number of fused-ring (bicyclic) bond motifs is 1. The van der Waals surface area contributed by atoms with Gasteiger partial charge in [0.05, 0.1) is 28.3 Å². The van der Waals surface area contributed by atoms with E-state index >= 15 is 0 Å². The largest absolute Gasteiger partial charge is 0.327 e. The molecule has 2 heterocycles. The Hall–Kier alpha value is -2.38. The Balaban J connectivity index is 1.33. The molecule has 0 bridgehead atoms. The van der Waals surface area contributed by atoms with Crippen molar-refractivity contribution in [3.05, 3.63) is 59.1 Å². The lowest BCUT2D eigenvalue weighted by molar-refractivity contribution is -0.897. The molecule has 0 saturated carbocycles. The van der Waals surface area contributed by atoms with E-state index in [0.717, 1.165) is 53.5 Å². The molecule has 1 fully saturated rings. The quantitative estimate of drug-likeness (QED) is 0.722. The molecule has 0 unspecified atom stereocenters. The number of nitrogens with one attached hydrogen (secondary N) is 2. The Bertz CT molecular complexity index is 914. The third-order valence-corrected chi connectivity index (χ3v) is 6.19. The molecule has 1 aliphatic heterocycles. The van der Waals surface area contributed by atoms with Gasteiger partial charge in [-0.15, -0.1) is 11.3 Å².